The summed E-state index contributed by atoms with van der Waals surface area (Å²) in [7, 11) is 0. The van der Waals surface area contributed by atoms with Crippen LogP contribution in [0, 0.1) is 6.92 Å². The van der Waals surface area contributed by atoms with Gasteiger partial charge in [0.05, 0.1) is 4.88 Å². The third-order valence-corrected chi connectivity index (χ3v) is 3.20. The first-order valence-corrected chi connectivity index (χ1v) is 6.07. The lowest BCUT2D eigenvalue weighted by Crippen LogP contribution is -2.24. The molecule has 0 saturated heterocycles. The Balaban J connectivity index is 2.22. The Hall–Kier alpha value is -0.870. The normalized spacial score (nSPS) is 10.3. The number of thiophene rings is 1. The molecule has 84 valence electrons. The molecule has 0 radical (unpaired) electrons. The average molecular weight is 227 g/mol. The van der Waals surface area contributed by atoms with Crippen LogP contribution in [0.1, 0.15) is 34.5 Å². The summed E-state index contributed by atoms with van der Waals surface area (Å²) in [4.78, 5) is 12.4. The van der Waals surface area contributed by atoms with Gasteiger partial charge < -0.3 is 10.4 Å². The van der Waals surface area contributed by atoms with Gasteiger partial charge in [-0.1, -0.05) is 0 Å². The Bertz CT molecular complexity index is 309. The minimum absolute atomic E-state index is 0.0199. The predicted molar refractivity (Wildman–Crippen MR) is 62.3 cm³/mol. The van der Waals surface area contributed by atoms with E-state index >= 15 is 0 Å². The van der Waals surface area contributed by atoms with Gasteiger partial charge in [0.15, 0.2) is 0 Å². The molecular formula is C11H17NO2S. The zero-order chi connectivity index (χ0) is 11.1. The van der Waals surface area contributed by atoms with E-state index in [1.165, 1.54) is 11.3 Å². The molecule has 0 aliphatic rings. The van der Waals surface area contributed by atoms with Crippen molar-refractivity contribution in [3.05, 3.63) is 21.9 Å². The van der Waals surface area contributed by atoms with Gasteiger partial charge in [-0.3, -0.25) is 4.79 Å². The van der Waals surface area contributed by atoms with Crippen LogP contribution in [0.5, 0.6) is 0 Å². The van der Waals surface area contributed by atoms with E-state index in [0.717, 1.165) is 29.7 Å². The number of hydrogen-bond donors (Lipinski definition) is 2. The van der Waals surface area contributed by atoms with Crippen molar-refractivity contribution in [3.63, 3.8) is 0 Å². The molecule has 0 saturated carbocycles. The molecule has 0 unspecified atom stereocenters. The molecule has 1 amide bonds. The third kappa shape index (κ3) is 4.01. The first kappa shape index (κ1) is 12.2. The molecular weight excluding hydrogens is 210 g/mol. The summed E-state index contributed by atoms with van der Waals surface area (Å²) in [6.07, 6.45) is 2.70. The second kappa shape index (κ2) is 6.58. The van der Waals surface area contributed by atoms with Gasteiger partial charge in [0.25, 0.3) is 5.91 Å². The summed E-state index contributed by atoms with van der Waals surface area (Å²) in [6, 6.07) is 1.95. The third-order valence-electron chi connectivity index (χ3n) is 2.19. The van der Waals surface area contributed by atoms with E-state index in [1.807, 2.05) is 18.4 Å². The van der Waals surface area contributed by atoms with Crippen molar-refractivity contribution >= 4 is 17.2 Å². The molecule has 1 aromatic heterocycles. The second-order valence-electron chi connectivity index (χ2n) is 3.47. The number of carbonyl (C=O) groups is 1. The van der Waals surface area contributed by atoms with Crippen molar-refractivity contribution in [2.45, 2.75) is 26.2 Å². The zero-order valence-electron chi connectivity index (χ0n) is 8.95. The summed E-state index contributed by atoms with van der Waals surface area (Å²) in [5, 5.41) is 13.4. The molecule has 0 spiro atoms. The summed E-state index contributed by atoms with van der Waals surface area (Å²) in [6.45, 7) is 2.87. The molecule has 1 heterocycles. The van der Waals surface area contributed by atoms with Crippen molar-refractivity contribution in [1.29, 1.82) is 0 Å². The number of unbranched alkanes of at least 4 members (excludes halogenated alkanes) is 2. The SMILES string of the molecule is Cc1ccsc1C(=O)NCCCCCO. The number of nitrogens with one attached hydrogen (secondary N) is 1. The zero-order valence-corrected chi connectivity index (χ0v) is 9.77. The summed E-state index contributed by atoms with van der Waals surface area (Å²) in [5.74, 6) is 0.0199. The molecule has 0 aromatic carbocycles. The topological polar surface area (TPSA) is 49.3 Å². The van der Waals surface area contributed by atoms with Crippen molar-refractivity contribution < 1.29 is 9.90 Å². The predicted octanol–water partition coefficient (Wildman–Crippen LogP) is 1.95. The highest BCUT2D eigenvalue weighted by atomic mass is 32.1. The van der Waals surface area contributed by atoms with Crippen LogP contribution in [-0.2, 0) is 0 Å². The van der Waals surface area contributed by atoms with Crippen LogP contribution < -0.4 is 5.32 Å². The van der Waals surface area contributed by atoms with E-state index in [1.54, 1.807) is 0 Å². The first-order chi connectivity index (χ1) is 7.25. The second-order valence-corrected chi connectivity index (χ2v) is 4.39. The minimum Gasteiger partial charge on any atom is -0.396 e. The van der Waals surface area contributed by atoms with E-state index < -0.39 is 0 Å². The number of aliphatic hydroxyl groups excluding tert-OH is 1. The van der Waals surface area contributed by atoms with E-state index in [2.05, 4.69) is 5.32 Å². The molecule has 1 rings (SSSR count). The maximum absolute atomic E-state index is 11.6. The fourth-order valence-electron chi connectivity index (χ4n) is 1.30. The number of hydrogen-bond acceptors (Lipinski definition) is 3. The van der Waals surface area contributed by atoms with E-state index in [9.17, 15) is 4.79 Å². The molecule has 0 aliphatic heterocycles. The fourth-order valence-corrected chi connectivity index (χ4v) is 2.14. The summed E-state index contributed by atoms with van der Waals surface area (Å²) < 4.78 is 0. The van der Waals surface area contributed by atoms with Gasteiger partial charge in [0.1, 0.15) is 0 Å². The fraction of sp³-hybridized carbons (Fsp3) is 0.545. The molecule has 0 atom stereocenters. The van der Waals surface area contributed by atoms with Gasteiger partial charge in [-0.15, -0.1) is 11.3 Å². The lowest BCUT2D eigenvalue weighted by molar-refractivity contribution is 0.0956. The van der Waals surface area contributed by atoms with E-state index in [4.69, 9.17) is 5.11 Å². The van der Waals surface area contributed by atoms with Gasteiger partial charge in [-0.2, -0.15) is 0 Å². The lowest BCUT2D eigenvalue weighted by atomic mass is 10.2. The Kier molecular flexibility index (Phi) is 5.36. The van der Waals surface area contributed by atoms with Crippen LogP contribution in [0.15, 0.2) is 11.4 Å². The van der Waals surface area contributed by atoms with Crippen molar-refractivity contribution in [2.24, 2.45) is 0 Å². The van der Waals surface area contributed by atoms with Crippen LogP contribution in [0.4, 0.5) is 0 Å². The van der Waals surface area contributed by atoms with Crippen molar-refractivity contribution in [3.8, 4) is 0 Å². The number of rotatable bonds is 6. The first-order valence-electron chi connectivity index (χ1n) is 5.19. The highest BCUT2D eigenvalue weighted by Crippen LogP contribution is 2.14. The molecule has 3 nitrogen and oxygen atoms in total. The number of amides is 1. The summed E-state index contributed by atoms with van der Waals surface area (Å²) >= 11 is 1.47. The molecule has 0 fully saturated rings. The van der Waals surface area contributed by atoms with Crippen LogP contribution in [0.3, 0.4) is 0 Å². The summed E-state index contributed by atoms with van der Waals surface area (Å²) in [5.41, 5.74) is 1.04. The quantitative estimate of drug-likeness (QED) is 0.730. The van der Waals surface area contributed by atoms with E-state index in [-0.39, 0.29) is 12.5 Å². The largest absolute Gasteiger partial charge is 0.396 e. The van der Waals surface area contributed by atoms with Gasteiger partial charge in [0, 0.05) is 13.2 Å². The average Bonchev–Trinajstić information content (AvgIpc) is 2.64. The van der Waals surface area contributed by atoms with Crippen LogP contribution >= 0.6 is 11.3 Å². The number of aryl methyl sites for hydroxylation is 1. The van der Waals surface area contributed by atoms with Crippen LogP contribution in [0.2, 0.25) is 0 Å². The lowest BCUT2D eigenvalue weighted by Gasteiger charge is -2.03. The highest BCUT2D eigenvalue weighted by Gasteiger charge is 2.08. The Morgan fingerprint density at radius 1 is 1.47 bits per heavy atom. The number of carbonyl (C=O) groups excluding carboxylic acids is 1. The van der Waals surface area contributed by atoms with E-state index in [0.29, 0.717) is 6.54 Å². The molecule has 0 aliphatic carbocycles. The standard InChI is InChI=1S/C11H17NO2S/c1-9-5-8-15-10(9)11(14)12-6-3-2-4-7-13/h5,8,13H,2-4,6-7H2,1H3,(H,12,14). The smallest absolute Gasteiger partial charge is 0.261 e. The van der Waals surface area contributed by atoms with Crippen LogP contribution in [0.25, 0.3) is 0 Å². The highest BCUT2D eigenvalue weighted by molar-refractivity contribution is 7.12. The van der Waals surface area contributed by atoms with Crippen LogP contribution in [-0.4, -0.2) is 24.2 Å². The van der Waals surface area contributed by atoms with Gasteiger partial charge in [-0.25, -0.2) is 0 Å². The maximum atomic E-state index is 11.6. The molecule has 1 aromatic rings. The Labute approximate surface area is 94.1 Å². The Morgan fingerprint density at radius 2 is 2.27 bits per heavy atom. The Morgan fingerprint density at radius 3 is 2.87 bits per heavy atom. The monoisotopic (exact) mass is 227 g/mol. The van der Waals surface area contributed by atoms with Gasteiger partial charge in [0.2, 0.25) is 0 Å². The number of aliphatic hydroxyl groups is 1. The van der Waals surface area contributed by atoms with Gasteiger partial charge >= 0.3 is 0 Å². The van der Waals surface area contributed by atoms with Crippen molar-refractivity contribution in [1.82, 2.24) is 5.32 Å². The minimum atomic E-state index is 0.0199. The maximum Gasteiger partial charge on any atom is 0.261 e. The molecule has 4 heteroatoms. The molecule has 0 bridgehead atoms. The van der Waals surface area contributed by atoms with Crippen molar-refractivity contribution in [2.75, 3.05) is 13.2 Å². The molecule has 15 heavy (non-hydrogen) atoms. The molecule has 2 N–H and O–H groups in total. The van der Waals surface area contributed by atoms with Gasteiger partial charge in [-0.05, 0) is 43.2 Å².